The summed E-state index contributed by atoms with van der Waals surface area (Å²) in [5.74, 6) is 0.782. The van der Waals surface area contributed by atoms with E-state index in [0.29, 0.717) is 17.1 Å². The fraction of sp³-hybridized carbons (Fsp3) is 0.333. The number of aromatic nitrogens is 1. The summed E-state index contributed by atoms with van der Waals surface area (Å²) >= 11 is 0. The molecule has 0 radical (unpaired) electrons. The largest absolute Gasteiger partial charge is 0.507 e. The van der Waals surface area contributed by atoms with Crippen LogP contribution in [-0.2, 0) is 5.41 Å². The van der Waals surface area contributed by atoms with E-state index in [1.807, 2.05) is 12.1 Å². The zero-order valence-corrected chi connectivity index (χ0v) is 13.6. The molecule has 2 aromatic rings. The maximum atomic E-state index is 9.95. The zero-order chi connectivity index (χ0) is 16.6. The summed E-state index contributed by atoms with van der Waals surface area (Å²) in [5.41, 5.74) is 16.7. The van der Waals surface area contributed by atoms with Gasteiger partial charge in [-0.25, -0.2) is 0 Å². The van der Waals surface area contributed by atoms with Crippen molar-refractivity contribution in [2.45, 2.75) is 25.7 Å². The normalized spacial score (nSPS) is 21.7. The summed E-state index contributed by atoms with van der Waals surface area (Å²) in [7, 11) is 0. The zero-order valence-electron chi connectivity index (χ0n) is 13.6. The van der Waals surface area contributed by atoms with E-state index >= 15 is 0 Å². The summed E-state index contributed by atoms with van der Waals surface area (Å²) in [5, 5.41) is 13.4. The van der Waals surface area contributed by atoms with Gasteiger partial charge in [0.05, 0.1) is 0 Å². The average Bonchev–Trinajstić information content (AvgIpc) is 3.07. The molecule has 7 N–H and O–H groups in total. The average molecular weight is 312 g/mol. The van der Waals surface area contributed by atoms with E-state index in [4.69, 9.17) is 11.5 Å². The van der Waals surface area contributed by atoms with E-state index in [1.54, 1.807) is 18.2 Å². The minimum absolute atomic E-state index is 0.0634. The lowest BCUT2D eigenvalue weighted by Crippen LogP contribution is -2.26. The van der Waals surface area contributed by atoms with Gasteiger partial charge in [0.25, 0.3) is 0 Å². The lowest BCUT2D eigenvalue weighted by atomic mass is 9.83. The smallest absolute Gasteiger partial charge is 0.124 e. The van der Waals surface area contributed by atoms with Crippen molar-refractivity contribution in [3.63, 3.8) is 0 Å². The first-order valence-electron chi connectivity index (χ1n) is 7.87. The van der Waals surface area contributed by atoms with Crippen molar-refractivity contribution in [3.05, 3.63) is 46.6 Å². The summed E-state index contributed by atoms with van der Waals surface area (Å²) < 4.78 is 0. The van der Waals surface area contributed by atoms with Gasteiger partial charge in [0, 0.05) is 34.5 Å². The summed E-state index contributed by atoms with van der Waals surface area (Å²) in [6, 6.07) is 7.04. The minimum atomic E-state index is 0.0634. The molecule has 1 aliphatic heterocycles. The highest BCUT2D eigenvalue weighted by Crippen LogP contribution is 2.36. The van der Waals surface area contributed by atoms with Crippen LogP contribution in [0.2, 0.25) is 0 Å². The number of nitrogens with two attached hydrogens (primary N) is 2. The summed E-state index contributed by atoms with van der Waals surface area (Å²) in [4.78, 5) is 3.34. The second-order valence-electron chi connectivity index (χ2n) is 6.56. The Kier molecular flexibility index (Phi) is 3.82. The van der Waals surface area contributed by atoms with Crippen molar-refractivity contribution in [2.24, 2.45) is 5.73 Å². The predicted molar refractivity (Wildman–Crippen MR) is 94.9 cm³/mol. The van der Waals surface area contributed by atoms with E-state index in [2.05, 4.69) is 24.1 Å². The number of benzene rings is 1. The number of hydrogen-bond acceptors (Lipinski definition) is 4. The molecule has 122 valence electrons. The molecule has 1 atom stereocenters. The molecule has 1 unspecified atom stereocenters. The Balaban J connectivity index is 2.03. The number of aromatic hydroxyl groups is 1. The van der Waals surface area contributed by atoms with E-state index in [1.165, 1.54) is 0 Å². The molecule has 0 spiro atoms. The van der Waals surface area contributed by atoms with Crippen LogP contribution in [0.25, 0.3) is 11.8 Å². The van der Waals surface area contributed by atoms with E-state index < -0.39 is 0 Å². The van der Waals surface area contributed by atoms with Crippen molar-refractivity contribution in [3.8, 4) is 5.75 Å². The molecule has 0 amide bonds. The van der Waals surface area contributed by atoms with Crippen molar-refractivity contribution < 1.29 is 5.11 Å². The Morgan fingerprint density at radius 1 is 1.35 bits per heavy atom. The van der Waals surface area contributed by atoms with Crippen molar-refractivity contribution in [2.75, 3.05) is 18.8 Å². The number of phenols is 1. The van der Waals surface area contributed by atoms with Crippen LogP contribution in [0.3, 0.4) is 0 Å². The molecular weight excluding hydrogens is 288 g/mol. The Morgan fingerprint density at radius 2 is 2.09 bits per heavy atom. The number of nitrogens with one attached hydrogen (secondary N) is 2. The first-order chi connectivity index (χ1) is 10.9. The maximum Gasteiger partial charge on any atom is 0.124 e. The highest BCUT2D eigenvalue weighted by atomic mass is 16.3. The van der Waals surface area contributed by atoms with E-state index in [-0.39, 0.29) is 11.2 Å². The molecule has 0 saturated carbocycles. The number of phenolic OH excluding ortho intramolecular Hbond substituents is 1. The minimum Gasteiger partial charge on any atom is -0.507 e. The van der Waals surface area contributed by atoms with Crippen molar-refractivity contribution in [1.29, 1.82) is 0 Å². The third kappa shape index (κ3) is 2.68. The van der Waals surface area contributed by atoms with Crippen LogP contribution in [0, 0.1) is 6.92 Å². The Bertz CT molecular complexity index is 754. The summed E-state index contributed by atoms with van der Waals surface area (Å²) in [6.07, 6.45) is 2.91. The first-order valence-corrected chi connectivity index (χ1v) is 7.87. The van der Waals surface area contributed by atoms with Gasteiger partial charge < -0.3 is 26.9 Å². The van der Waals surface area contributed by atoms with Crippen LogP contribution < -0.4 is 16.8 Å². The van der Waals surface area contributed by atoms with Gasteiger partial charge in [-0.15, -0.1) is 0 Å². The number of aromatic amines is 1. The number of rotatable bonds is 3. The molecule has 0 bridgehead atoms. The van der Waals surface area contributed by atoms with Gasteiger partial charge in [-0.2, -0.15) is 0 Å². The first kappa shape index (κ1) is 15.5. The SMILES string of the molecule is Cc1c(C2(C)CCNC2)[nH]c(N)c1/C=C(\N)c1ccccc1O. The molecule has 1 aliphatic rings. The third-order valence-electron chi connectivity index (χ3n) is 4.82. The molecule has 0 aliphatic carbocycles. The molecule has 5 heteroatoms. The second kappa shape index (κ2) is 5.66. The highest BCUT2D eigenvalue weighted by Gasteiger charge is 2.34. The highest BCUT2D eigenvalue weighted by molar-refractivity contribution is 5.86. The van der Waals surface area contributed by atoms with Crippen LogP contribution in [0.5, 0.6) is 5.75 Å². The van der Waals surface area contributed by atoms with Gasteiger partial charge in [-0.05, 0) is 43.7 Å². The molecule has 1 aromatic heterocycles. The van der Waals surface area contributed by atoms with Crippen molar-refractivity contribution in [1.82, 2.24) is 10.3 Å². The standard InChI is InChI=1S/C18H24N4O/c1-11-13(9-14(19)12-5-3-4-6-15(12)23)17(20)22-16(11)18(2)7-8-21-10-18/h3-6,9,21-23H,7-8,10,19-20H2,1-2H3/b14-9-. The molecule has 2 heterocycles. The lowest BCUT2D eigenvalue weighted by molar-refractivity contribution is 0.473. The number of para-hydroxylation sites is 1. The second-order valence-corrected chi connectivity index (χ2v) is 6.56. The quantitative estimate of drug-likeness (QED) is 0.600. The number of hydrogen-bond donors (Lipinski definition) is 5. The topological polar surface area (TPSA) is 100 Å². The molecule has 1 aromatic carbocycles. The van der Waals surface area contributed by atoms with Gasteiger partial charge in [0.1, 0.15) is 11.6 Å². The van der Waals surface area contributed by atoms with Gasteiger partial charge >= 0.3 is 0 Å². The Morgan fingerprint density at radius 3 is 2.74 bits per heavy atom. The predicted octanol–water partition coefficient (Wildman–Crippen LogP) is 2.32. The van der Waals surface area contributed by atoms with E-state index in [0.717, 1.165) is 36.3 Å². The Labute approximate surface area is 136 Å². The number of nitrogen functional groups attached to an aromatic ring is 1. The van der Waals surface area contributed by atoms with Gasteiger partial charge in [0.15, 0.2) is 0 Å². The maximum absolute atomic E-state index is 9.95. The van der Waals surface area contributed by atoms with Crippen molar-refractivity contribution >= 4 is 17.6 Å². The fourth-order valence-corrected chi connectivity index (χ4v) is 3.40. The third-order valence-corrected chi connectivity index (χ3v) is 4.82. The molecule has 1 saturated heterocycles. The van der Waals surface area contributed by atoms with Crippen LogP contribution in [-0.4, -0.2) is 23.2 Å². The van der Waals surface area contributed by atoms with Gasteiger partial charge in [0.2, 0.25) is 0 Å². The lowest BCUT2D eigenvalue weighted by Gasteiger charge is -2.22. The molecule has 23 heavy (non-hydrogen) atoms. The molecule has 3 rings (SSSR count). The molecule has 1 fully saturated rings. The molecule has 5 nitrogen and oxygen atoms in total. The molecular formula is C18H24N4O. The monoisotopic (exact) mass is 312 g/mol. The van der Waals surface area contributed by atoms with Crippen LogP contribution in [0.15, 0.2) is 24.3 Å². The van der Waals surface area contributed by atoms with Gasteiger partial charge in [-0.3, -0.25) is 0 Å². The van der Waals surface area contributed by atoms with Crippen LogP contribution >= 0.6 is 0 Å². The van der Waals surface area contributed by atoms with Crippen LogP contribution in [0.4, 0.5) is 5.82 Å². The fourth-order valence-electron chi connectivity index (χ4n) is 3.40. The number of anilines is 1. The number of H-pyrrole nitrogens is 1. The van der Waals surface area contributed by atoms with Crippen LogP contribution in [0.1, 0.15) is 35.7 Å². The summed E-state index contributed by atoms with van der Waals surface area (Å²) in [6.45, 7) is 6.26. The Hall–Kier alpha value is -2.40. The van der Waals surface area contributed by atoms with E-state index in [9.17, 15) is 5.11 Å². The van der Waals surface area contributed by atoms with Gasteiger partial charge in [-0.1, -0.05) is 19.1 Å².